The van der Waals surface area contributed by atoms with E-state index in [1.807, 2.05) is 13.0 Å². The van der Waals surface area contributed by atoms with Gasteiger partial charge >= 0.3 is 0 Å². The molecule has 0 aliphatic heterocycles. The molecule has 1 amide bonds. The first kappa shape index (κ1) is 16.8. The predicted molar refractivity (Wildman–Crippen MR) is 98.7 cm³/mol. The van der Waals surface area contributed by atoms with Gasteiger partial charge in [0.25, 0.3) is 5.56 Å². The molecule has 3 aromatic rings. The second kappa shape index (κ2) is 6.57. The Morgan fingerprint density at radius 1 is 1.31 bits per heavy atom. The molecule has 8 heteroatoms. The first-order chi connectivity index (χ1) is 12.5. The SMILES string of the molecule is Cc1ccc(Cl)cc1NC(=O)Cn1ncn2nc3c(c2c1=O)CCCC3. The van der Waals surface area contributed by atoms with Crippen LogP contribution in [0.5, 0.6) is 0 Å². The van der Waals surface area contributed by atoms with Crippen LogP contribution in [0.15, 0.2) is 29.3 Å². The lowest BCUT2D eigenvalue weighted by molar-refractivity contribution is -0.117. The van der Waals surface area contributed by atoms with Crippen molar-refractivity contribution in [1.29, 1.82) is 0 Å². The Morgan fingerprint density at radius 2 is 2.12 bits per heavy atom. The number of carbonyl (C=O) groups is 1. The van der Waals surface area contributed by atoms with Crippen LogP contribution in [0.2, 0.25) is 5.02 Å². The number of hydrogen-bond acceptors (Lipinski definition) is 4. The summed E-state index contributed by atoms with van der Waals surface area (Å²) in [6.45, 7) is 1.71. The highest BCUT2D eigenvalue weighted by Gasteiger charge is 2.20. The van der Waals surface area contributed by atoms with E-state index in [1.54, 1.807) is 12.1 Å². The summed E-state index contributed by atoms with van der Waals surface area (Å²) in [5.41, 5.74) is 3.71. The molecule has 0 spiro atoms. The van der Waals surface area contributed by atoms with Crippen LogP contribution in [-0.4, -0.2) is 25.3 Å². The molecule has 0 bridgehead atoms. The lowest BCUT2D eigenvalue weighted by Gasteiger charge is -2.10. The molecular weight excluding hydrogens is 354 g/mol. The number of fused-ring (bicyclic) bond motifs is 3. The Kier molecular flexibility index (Phi) is 4.24. The maximum atomic E-state index is 12.8. The molecule has 26 heavy (non-hydrogen) atoms. The fraction of sp³-hybridized carbons (Fsp3) is 0.333. The molecule has 4 rings (SSSR count). The van der Waals surface area contributed by atoms with Crippen LogP contribution in [0.3, 0.4) is 0 Å². The van der Waals surface area contributed by atoms with E-state index in [2.05, 4.69) is 15.5 Å². The van der Waals surface area contributed by atoms with Crippen molar-refractivity contribution in [1.82, 2.24) is 19.4 Å². The number of hydrogen-bond donors (Lipinski definition) is 1. The average Bonchev–Trinajstić information content (AvgIpc) is 3.00. The molecule has 0 unspecified atom stereocenters. The van der Waals surface area contributed by atoms with Gasteiger partial charge < -0.3 is 5.32 Å². The van der Waals surface area contributed by atoms with Crippen LogP contribution < -0.4 is 10.9 Å². The van der Waals surface area contributed by atoms with Gasteiger partial charge in [-0.1, -0.05) is 17.7 Å². The summed E-state index contributed by atoms with van der Waals surface area (Å²) in [4.78, 5) is 25.2. The summed E-state index contributed by atoms with van der Waals surface area (Å²) >= 11 is 5.98. The molecule has 0 radical (unpaired) electrons. The van der Waals surface area contributed by atoms with Gasteiger partial charge in [0.2, 0.25) is 5.91 Å². The van der Waals surface area contributed by atoms with Gasteiger partial charge in [0.1, 0.15) is 18.4 Å². The molecule has 0 saturated carbocycles. The Balaban J connectivity index is 1.63. The van der Waals surface area contributed by atoms with Crippen molar-refractivity contribution in [2.45, 2.75) is 39.2 Å². The maximum Gasteiger partial charge on any atom is 0.293 e. The smallest absolute Gasteiger partial charge is 0.293 e. The van der Waals surface area contributed by atoms with Crippen molar-refractivity contribution >= 4 is 28.7 Å². The molecule has 0 saturated heterocycles. The zero-order chi connectivity index (χ0) is 18.3. The summed E-state index contributed by atoms with van der Waals surface area (Å²) in [5, 5.41) is 11.9. The Hall–Kier alpha value is -2.67. The average molecular weight is 372 g/mol. The third-order valence-corrected chi connectivity index (χ3v) is 4.92. The minimum atomic E-state index is -0.331. The zero-order valence-electron chi connectivity index (χ0n) is 14.3. The van der Waals surface area contributed by atoms with Crippen molar-refractivity contribution in [2.24, 2.45) is 0 Å². The van der Waals surface area contributed by atoms with E-state index in [-0.39, 0.29) is 18.0 Å². The van der Waals surface area contributed by atoms with Crippen molar-refractivity contribution in [3.8, 4) is 0 Å². The number of benzene rings is 1. The first-order valence-corrected chi connectivity index (χ1v) is 8.93. The van der Waals surface area contributed by atoms with Gasteiger partial charge in [0.15, 0.2) is 0 Å². The van der Waals surface area contributed by atoms with E-state index in [1.165, 1.54) is 15.5 Å². The van der Waals surface area contributed by atoms with Crippen LogP contribution in [0.4, 0.5) is 5.69 Å². The van der Waals surface area contributed by atoms with E-state index >= 15 is 0 Å². The molecule has 2 heterocycles. The molecule has 1 aromatic carbocycles. The van der Waals surface area contributed by atoms with Gasteiger partial charge in [0, 0.05) is 16.3 Å². The quantitative estimate of drug-likeness (QED) is 0.766. The lowest BCUT2D eigenvalue weighted by atomic mass is 9.97. The van der Waals surface area contributed by atoms with Crippen molar-refractivity contribution in [3.63, 3.8) is 0 Å². The van der Waals surface area contributed by atoms with Crippen LogP contribution >= 0.6 is 11.6 Å². The van der Waals surface area contributed by atoms with Gasteiger partial charge in [0.05, 0.1) is 5.69 Å². The minimum absolute atomic E-state index is 0.165. The van der Waals surface area contributed by atoms with Gasteiger partial charge in [-0.05, 0) is 50.3 Å². The summed E-state index contributed by atoms with van der Waals surface area (Å²) in [5.74, 6) is -0.331. The molecule has 7 nitrogen and oxygen atoms in total. The fourth-order valence-electron chi connectivity index (χ4n) is 3.34. The number of anilines is 1. The Labute approximate surface area is 154 Å². The van der Waals surface area contributed by atoms with Crippen LogP contribution in [0.25, 0.3) is 5.52 Å². The van der Waals surface area contributed by atoms with E-state index in [0.29, 0.717) is 16.2 Å². The van der Waals surface area contributed by atoms with Crippen molar-refractivity contribution in [2.75, 3.05) is 5.32 Å². The second-order valence-electron chi connectivity index (χ2n) is 6.53. The molecule has 0 fully saturated rings. The van der Waals surface area contributed by atoms with Crippen molar-refractivity contribution in [3.05, 3.63) is 56.7 Å². The normalized spacial score (nSPS) is 13.6. The Bertz CT molecular complexity index is 1070. The maximum absolute atomic E-state index is 12.8. The number of carbonyl (C=O) groups excluding carboxylic acids is 1. The molecule has 1 N–H and O–H groups in total. The first-order valence-electron chi connectivity index (χ1n) is 8.55. The lowest BCUT2D eigenvalue weighted by Crippen LogP contribution is -2.31. The number of halogens is 1. The monoisotopic (exact) mass is 371 g/mol. The molecule has 1 aliphatic carbocycles. The topological polar surface area (TPSA) is 81.3 Å². The third kappa shape index (κ3) is 2.99. The number of aryl methyl sites for hydroxylation is 3. The third-order valence-electron chi connectivity index (χ3n) is 4.69. The summed E-state index contributed by atoms with van der Waals surface area (Å²) in [7, 11) is 0. The van der Waals surface area contributed by atoms with E-state index < -0.39 is 0 Å². The van der Waals surface area contributed by atoms with Gasteiger partial charge in [-0.15, -0.1) is 0 Å². The highest BCUT2D eigenvalue weighted by Crippen LogP contribution is 2.22. The molecule has 134 valence electrons. The van der Waals surface area contributed by atoms with Crippen LogP contribution in [0.1, 0.15) is 29.7 Å². The standard InChI is InChI=1S/C18H18ClN5O2/c1-11-6-7-12(19)8-15(11)21-16(25)9-23-18(26)17-13-4-2-3-5-14(13)22-24(17)10-20-23/h6-8,10H,2-5,9H2,1H3,(H,21,25). The number of nitrogens with one attached hydrogen (secondary N) is 1. The second-order valence-corrected chi connectivity index (χ2v) is 6.96. The van der Waals surface area contributed by atoms with Crippen LogP contribution in [0, 0.1) is 6.92 Å². The largest absolute Gasteiger partial charge is 0.324 e. The highest BCUT2D eigenvalue weighted by molar-refractivity contribution is 6.31. The summed E-state index contributed by atoms with van der Waals surface area (Å²) in [6, 6.07) is 5.27. The molecule has 1 aliphatic rings. The van der Waals surface area contributed by atoms with E-state index in [4.69, 9.17) is 11.6 Å². The summed E-state index contributed by atoms with van der Waals surface area (Å²) < 4.78 is 2.72. The van der Waals surface area contributed by atoms with Gasteiger partial charge in [-0.25, -0.2) is 9.20 Å². The predicted octanol–water partition coefficient (Wildman–Crippen LogP) is 2.37. The van der Waals surface area contributed by atoms with Gasteiger partial charge in [-0.3, -0.25) is 9.59 Å². The number of aromatic nitrogens is 4. The number of rotatable bonds is 3. The van der Waals surface area contributed by atoms with Crippen LogP contribution in [-0.2, 0) is 24.2 Å². The van der Waals surface area contributed by atoms with Gasteiger partial charge in [-0.2, -0.15) is 10.2 Å². The van der Waals surface area contributed by atoms with E-state index in [9.17, 15) is 9.59 Å². The highest BCUT2D eigenvalue weighted by atomic mass is 35.5. The molecule has 0 atom stereocenters. The van der Waals surface area contributed by atoms with E-state index in [0.717, 1.165) is 42.5 Å². The van der Waals surface area contributed by atoms with Crippen molar-refractivity contribution < 1.29 is 4.79 Å². The number of nitrogens with zero attached hydrogens (tertiary/aromatic N) is 4. The summed E-state index contributed by atoms with van der Waals surface area (Å²) in [6.07, 6.45) is 5.34. The molecular formula is C18H18ClN5O2. The molecule has 2 aromatic heterocycles. The fourth-order valence-corrected chi connectivity index (χ4v) is 3.51. The Morgan fingerprint density at radius 3 is 2.96 bits per heavy atom. The minimum Gasteiger partial charge on any atom is -0.324 e. The zero-order valence-corrected chi connectivity index (χ0v) is 15.1. The number of amides is 1.